The number of methoxy groups -OCH3 is 1. The van der Waals surface area contributed by atoms with Crippen molar-refractivity contribution in [1.29, 1.82) is 0 Å². The van der Waals surface area contributed by atoms with Crippen molar-refractivity contribution in [3.8, 4) is 5.75 Å². The standard InChI is InChI=1S/C21H24N4O5/c1-29-12-6-11-22-20(27)21(28)25-23-14-16-7-5-10-18(13-16)30-15-19(26)24-17-8-3-2-4-9-17/h2-5,7-10,13-14H,6,11-12,15H2,1H3,(H,22,27)(H,24,26)(H,25,28)/b23-14-. The van der Waals surface area contributed by atoms with Crippen molar-refractivity contribution in [3.63, 3.8) is 0 Å². The minimum Gasteiger partial charge on any atom is -0.484 e. The van der Waals surface area contributed by atoms with Crippen molar-refractivity contribution < 1.29 is 23.9 Å². The molecule has 0 radical (unpaired) electrons. The number of para-hydroxylation sites is 1. The Labute approximate surface area is 174 Å². The normalized spacial score (nSPS) is 10.4. The van der Waals surface area contributed by atoms with Crippen LogP contribution in [0.4, 0.5) is 5.69 Å². The molecule has 0 saturated heterocycles. The summed E-state index contributed by atoms with van der Waals surface area (Å²) in [6, 6.07) is 15.9. The van der Waals surface area contributed by atoms with Gasteiger partial charge in [-0.2, -0.15) is 5.10 Å². The van der Waals surface area contributed by atoms with Gasteiger partial charge in [-0.3, -0.25) is 14.4 Å². The zero-order chi connectivity index (χ0) is 21.6. The van der Waals surface area contributed by atoms with Gasteiger partial charge in [0.25, 0.3) is 5.91 Å². The molecule has 2 rings (SSSR count). The summed E-state index contributed by atoms with van der Waals surface area (Å²) in [7, 11) is 1.56. The molecule has 30 heavy (non-hydrogen) atoms. The van der Waals surface area contributed by atoms with Crippen LogP contribution in [0.3, 0.4) is 0 Å². The molecule has 2 aromatic carbocycles. The molecule has 0 bridgehead atoms. The number of carbonyl (C=O) groups is 3. The molecule has 0 fully saturated rings. The van der Waals surface area contributed by atoms with Gasteiger partial charge in [0.2, 0.25) is 0 Å². The summed E-state index contributed by atoms with van der Waals surface area (Å²) >= 11 is 0. The number of hydrazone groups is 1. The Bertz CT molecular complexity index is 871. The van der Waals surface area contributed by atoms with E-state index in [9.17, 15) is 14.4 Å². The Hall–Kier alpha value is -3.72. The second-order valence-electron chi connectivity index (χ2n) is 6.08. The first kappa shape index (κ1) is 22.6. The Balaban J connectivity index is 1.77. The number of amides is 3. The minimum atomic E-state index is -0.867. The van der Waals surface area contributed by atoms with Gasteiger partial charge >= 0.3 is 11.8 Å². The van der Waals surface area contributed by atoms with Crippen LogP contribution in [0.1, 0.15) is 12.0 Å². The van der Waals surface area contributed by atoms with Crippen LogP contribution >= 0.6 is 0 Å². The number of carbonyl (C=O) groups excluding carboxylic acids is 3. The van der Waals surface area contributed by atoms with Crippen LogP contribution in [0.2, 0.25) is 0 Å². The van der Waals surface area contributed by atoms with E-state index in [0.717, 1.165) is 0 Å². The molecule has 0 aliphatic heterocycles. The van der Waals surface area contributed by atoms with Crippen LogP contribution < -0.4 is 20.8 Å². The van der Waals surface area contributed by atoms with Gasteiger partial charge in [-0.15, -0.1) is 0 Å². The van der Waals surface area contributed by atoms with Crippen molar-refractivity contribution in [2.45, 2.75) is 6.42 Å². The molecule has 0 aliphatic rings. The molecule has 3 N–H and O–H groups in total. The van der Waals surface area contributed by atoms with Crippen molar-refractivity contribution >= 4 is 29.6 Å². The number of anilines is 1. The molecular formula is C21H24N4O5. The maximum Gasteiger partial charge on any atom is 0.329 e. The average molecular weight is 412 g/mol. The van der Waals surface area contributed by atoms with Gasteiger partial charge in [-0.05, 0) is 36.2 Å². The van der Waals surface area contributed by atoms with E-state index < -0.39 is 11.8 Å². The highest BCUT2D eigenvalue weighted by molar-refractivity contribution is 6.35. The fourth-order valence-corrected chi connectivity index (χ4v) is 2.27. The van der Waals surface area contributed by atoms with Gasteiger partial charge in [-0.1, -0.05) is 30.3 Å². The third-order valence-corrected chi connectivity index (χ3v) is 3.68. The summed E-state index contributed by atoms with van der Waals surface area (Å²) in [5.74, 6) is -1.47. The molecule has 0 spiro atoms. The van der Waals surface area contributed by atoms with Crippen molar-refractivity contribution in [2.24, 2.45) is 5.10 Å². The molecule has 158 valence electrons. The summed E-state index contributed by atoms with van der Waals surface area (Å²) in [4.78, 5) is 35.2. The molecule has 0 unspecified atom stereocenters. The Morgan fingerprint density at radius 3 is 2.60 bits per heavy atom. The molecule has 0 atom stereocenters. The molecule has 0 aromatic heterocycles. The summed E-state index contributed by atoms with van der Waals surface area (Å²) in [5, 5.41) is 8.93. The number of nitrogens with zero attached hydrogens (tertiary/aromatic N) is 1. The predicted molar refractivity (Wildman–Crippen MR) is 112 cm³/mol. The number of rotatable bonds is 10. The van der Waals surface area contributed by atoms with Gasteiger partial charge in [0, 0.05) is 25.9 Å². The maximum absolute atomic E-state index is 11.9. The van der Waals surface area contributed by atoms with E-state index in [4.69, 9.17) is 9.47 Å². The van der Waals surface area contributed by atoms with Gasteiger partial charge in [0.05, 0.1) is 6.21 Å². The first-order valence-corrected chi connectivity index (χ1v) is 9.26. The van der Waals surface area contributed by atoms with Crippen LogP contribution in [0.5, 0.6) is 5.75 Å². The Kier molecular flexibility index (Phi) is 9.54. The average Bonchev–Trinajstić information content (AvgIpc) is 2.76. The largest absolute Gasteiger partial charge is 0.484 e. The van der Waals surface area contributed by atoms with Crippen LogP contribution in [-0.4, -0.2) is 50.8 Å². The summed E-state index contributed by atoms with van der Waals surface area (Å²) in [6.45, 7) is 0.670. The summed E-state index contributed by atoms with van der Waals surface area (Å²) in [6.07, 6.45) is 1.97. The lowest BCUT2D eigenvalue weighted by molar-refractivity contribution is -0.139. The highest BCUT2D eigenvalue weighted by Gasteiger charge is 2.11. The van der Waals surface area contributed by atoms with Crippen LogP contribution in [0.15, 0.2) is 59.7 Å². The van der Waals surface area contributed by atoms with Gasteiger partial charge in [-0.25, -0.2) is 5.43 Å². The predicted octanol–water partition coefficient (Wildman–Crippen LogP) is 1.31. The molecule has 0 saturated carbocycles. The zero-order valence-corrected chi connectivity index (χ0v) is 16.6. The molecular weight excluding hydrogens is 388 g/mol. The third kappa shape index (κ3) is 8.53. The lowest BCUT2D eigenvalue weighted by Gasteiger charge is -2.08. The van der Waals surface area contributed by atoms with Crippen molar-refractivity contribution in [3.05, 3.63) is 60.2 Å². The monoisotopic (exact) mass is 412 g/mol. The molecule has 0 aliphatic carbocycles. The first-order chi connectivity index (χ1) is 14.6. The van der Waals surface area contributed by atoms with Crippen LogP contribution in [0.25, 0.3) is 0 Å². The van der Waals surface area contributed by atoms with Crippen molar-refractivity contribution in [1.82, 2.24) is 10.7 Å². The smallest absolute Gasteiger partial charge is 0.329 e. The fraction of sp³-hybridized carbons (Fsp3) is 0.238. The quantitative estimate of drug-likeness (QED) is 0.235. The van der Waals surface area contributed by atoms with Gasteiger partial charge in [0.15, 0.2) is 6.61 Å². The Morgan fingerprint density at radius 1 is 1.03 bits per heavy atom. The topological polar surface area (TPSA) is 118 Å². The van der Waals surface area contributed by atoms with E-state index >= 15 is 0 Å². The second-order valence-corrected chi connectivity index (χ2v) is 6.08. The Morgan fingerprint density at radius 2 is 1.83 bits per heavy atom. The van der Waals surface area contributed by atoms with Gasteiger partial charge in [0.1, 0.15) is 5.75 Å². The summed E-state index contributed by atoms with van der Waals surface area (Å²) < 4.78 is 10.3. The lowest BCUT2D eigenvalue weighted by Crippen LogP contribution is -2.38. The van der Waals surface area contributed by atoms with E-state index in [-0.39, 0.29) is 12.5 Å². The van der Waals surface area contributed by atoms with E-state index in [1.807, 2.05) is 18.2 Å². The molecule has 9 nitrogen and oxygen atoms in total. The number of ether oxygens (including phenoxy) is 2. The van der Waals surface area contributed by atoms with Gasteiger partial charge < -0.3 is 20.1 Å². The van der Waals surface area contributed by atoms with E-state index in [1.54, 1.807) is 43.5 Å². The molecule has 0 heterocycles. The van der Waals surface area contributed by atoms with Crippen molar-refractivity contribution in [2.75, 3.05) is 32.2 Å². The molecule has 9 heteroatoms. The van der Waals surface area contributed by atoms with E-state index in [0.29, 0.717) is 36.6 Å². The maximum atomic E-state index is 11.9. The molecule has 3 amide bonds. The SMILES string of the molecule is COCCCNC(=O)C(=O)N/N=C\c1cccc(OCC(=O)Nc2ccccc2)c1. The first-order valence-electron chi connectivity index (χ1n) is 9.26. The second kappa shape index (κ2) is 12.7. The fourth-order valence-electron chi connectivity index (χ4n) is 2.27. The number of hydrogen-bond donors (Lipinski definition) is 3. The van der Waals surface area contributed by atoms with E-state index in [2.05, 4.69) is 21.2 Å². The highest BCUT2D eigenvalue weighted by atomic mass is 16.5. The van der Waals surface area contributed by atoms with Crippen LogP contribution in [0, 0.1) is 0 Å². The molecule has 2 aromatic rings. The third-order valence-electron chi connectivity index (χ3n) is 3.68. The minimum absolute atomic E-state index is 0.157. The van der Waals surface area contributed by atoms with E-state index in [1.165, 1.54) is 6.21 Å². The lowest BCUT2D eigenvalue weighted by atomic mass is 10.2. The van der Waals surface area contributed by atoms with Crippen LogP contribution in [-0.2, 0) is 19.1 Å². The number of nitrogens with one attached hydrogen (secondary N) is 3. The highest BCUT2D eigenvalue weighted by Crippen LogP contribution is 2.12. The number of benzene rings is 2. The zero-order valence-electron chi connectivity index (χ0n) is 16.6. The number of hydrogen-bond acceptors (Lipinski definition) is 6. The summed E-state index contributed by atoms with van der Waals surface area (Å²) in [5.41, 5.74) is 3.46.